The maximum atomic E-state index is 12.9. The fourth-order valence-electron chi connectivity index (χ4n) is 3.17. The van der Waals surface area contributed by atoms with Crippen LogP contribution in [0.3, 0.4) is 0 Å². The van der Waals surface area contributed by atoms with Crippen LogP contribution in [0, 0.1) is 13.8 Å². The highest BCUT2D eigenvalue weighted by Gasteiger charge is 2.19. The molecule has 1 aromatic heterocycles. The molecule has 10 heteroatoms. The molecular formula is C22H19ClN4O4S. The Bertz CT molecular complexity index is 1520. The van der Waals surface area contributed by atoms with E-state index in [-0.39, 0.29) is 21.2 Å². The molecule has 164 valence electrons. The first-order valence-corrected chi connectivity index (χ1v) is 11.4. The number of aromatic nitrogens is 2. The summed E-state index contributed by atoms with van der Waals surface area (Å²) in [7, 11) is -3.95. The number of imidazole rings is 1. The van der Waals surface area contributed by atoms with Gasteiger partial charge in [-0.3, -0.25) is 9.52 Å². The Balaban J connectivity index is 1.61. The Kier molecular flexibility index (Phi) is 5.53. The number of benzene rings is 3. The number of aryl methyl sites for hydroxylation is 2. The van der Waals surface area contributed by atoms with Crippen LogP contribution in [0.15, 0.2) is 64.3 Å². The van der Waals surface area contributed by atoms with E-state index in [1.165, 1.54) is 18.2 Å². The number of aromatic amines is 2. The highest BCUT2D eigenvalue weighted by Crippen LogP contribution is 2.25. The zero-order valence-electron chi connectivity index (χ0n) is 17.1. The minimum absolute atomic E-state index is 0.00251. The first-order valence-electron chi connectivity index (χ1n) is 9.55. The second-order valence-corrected chi connectivity index (χ2v) is 9.43. The van der Waals surface area contributed by atoms with Gasteiger partial charge in [-0.25, -0.2) is 13.2 Å². The summed E-state index contributed by atoms with van der Waals surface area (Å²) < 4.78 is 28.3. The molecule has 0 aliphatic heterocycles. The zero-order chi connectivity index (χ0) is 23.0. The van der Waals surface area contributed by atoms with E-state index in [4.69, 9.17) is 11.6 Å². The Morgan fingerprint density at radius 3 is 2.34 bits per heavy atom. The van der Waals surface area contributed by atoms with Gasteiger partial charge in [0.05, 0.1) is 26.5 Å². The molecule has 0 unspecified atom stereocenters. The number of carbonyl (C=O) groups is 1. The van der Waals surface area contributed by atoms with E-state index in [0.29, 0.717) is 22.4 Å². The number of carbonyl (C=O) groups excluding carboxylic acids is 1. The van der Waals surface area contributed by atoms with E-state index in [1.54, 1.807) is 30.3 Å². The molecule has 3 aromatic carbocycles. The SMILES string of the molecule is Cc1ccc(NS(=O)(=O)c2ccc(Cl)c(C(=O)Nc3ccc4[nH]c(=O)[nH]c4c3)c2)cc1C. The van der Waals surface area contributed by atoms with Crippen molar-refractivity contribution in [3.63, 3.8) is 0 Å². The van der Waals surface area contributed by atoms with E-state index in [1.807, 2.05) is 19.9 Å². The van der Waals surface area contributed by atoms with Gasteiger partial charge in [-0.1, -0.05) is 17.7 Å². The molecule has 0 bridgehead atoms. The fourth-order valence-corrected chi connectivity index (χ4v) is 4.45. The third-order valence-corrected chi connectivity index (χ3v) is 6.73. The van der Waals surface area contributed by atoms with E-state index in [0.717, 1.165) is 11.1 Å². The summed E-state index contributed by atoms with van der Waals surface area (Å²) in [4.78, 5) is 29.3. The van der Waals surface area contributed by atoms with Crippen LogP contribution < -0.4 is 15.7 Å². The Labute approximate surface area is 188 Å². The second kappa shape index (κ2) is 8.18. The van der Waals surface area contributed by atoms with Gasteiger partial charge in [0.2, 0.25) is 0 Å². The molecule has 1 amide bonds. The van der Waals surface area contributed by atoms with Crippen molar-refractivity contribution in [2.75, 3.05) is 10.0 Å². The molecule has 0 atom stereocenters. The second-order valence-electron chi connectivity index (χ2n) is 7.34. The van der Waals surface area contributed by atoms with Gasteiger partial charge >= 0.3 is 5.69 Å². The standard InChI is InChI=1S/C22H19ClN4O4S/c1-12-3-4-15(9-13(12)2)27-32(30,31)16-6-7-18(23)17(11-16)21(28)24-14-5-8-19-20(10-14)26-22(29)25-19/h3-11,27H,1-2H3,(H,24,28)(H2,25,26,29). The lowest BCUT2D eigenvalue weighted by Crippen LogP contribution is -2.16. The fraction of sp³-hybridized carbons (Fsp3) is 0.0909. The van der Waals surface area contributed by atoms with Crippen LogP contribution in [0.4, 0.5) is 11.4 Å². The Morgan fingerprint density at radius 2 is 1.59 bits per heavy atom. The topological polar surface area (TPSA) is 124 Å². The van der Waals surface area contributed by atoms with E-state index >= 15 is 0 Å². The van der Waals surface area contributed by atoms with Crippen LogP contribution in [0.1, 0.15) is 21.5 Å². The van der Waals surface area contributed by atoms with E-state index in [9.17, 15) is 18.0 Å². The number of sulfonamides is 1. The van der Waals surface area contributed by atoms with E-state index in [2.05, 4.69) is 20.0 Å². The summed E-state index contributed by atoms with van der Waals surface area (Å²) in [5, 5.41) is 2.77. The average molecular weight is 471 g/mol. The molecule has 1 heterocycles. The normalized spacial score (nSPS) is 11.5. The first kappa shape index (κ1) is 21.7. The number of rotatable bonds is 5. The highest BCUT2D eigenvalue weighted by atomic mass is 35.5. The number of amides is 1. The molecule has 0 fully saturated rings. The van der Waals surface area contributed by atoms with Gasteiger partial charge in [0.1, 0.15) is 0 Å². The maximum Gasteiger partial charge on any atom is 0.323 e. The van der Waals surface area contributed by atoms with Crippen molar-refractivity contribution >= 4 is 49.9 Å². The summed E-state index contributed by atoms with van der Waals surface area (Å²) in [6.07, 6.45) is 0. The summed E-state index contributed by atoms with van der Waals surface area (Å²) in [6.45, 7) is 3.82. The lowest BCUT2D eigenvalue weighted by atomic mass is 10.1. The quantitative estimate of drug-likeness (QED) is 0.349. The minimum atomic E-state index is -3.95. The molecule has 0 aliphatic carbocycles. The van der Waals surface area contributed by atoms with Gasteiger partial charge in [-0.15, -0.1) is 0 Å². The number of H-pyrrole nitrogens is 2. The molecule has 4 rings (SSSR count). The molecule has 4 N–H and O–H groups in total. The molecule has 4 aromatic rings. The Hall–Kier alpha value is -3.56. The molecule has 8 nitrogen and oxygen atoms in total. The largest absolute Gasteiger partial charge is 0.323 e. The monoisotopic (exact) mass is 470 g/mol. The molecule has 0 spiro atoms. The highest BCUT2D eigenvalue weighted by molar-refractivity contribution is 7.92. The summed E-state index contributed by atoms with van der Waals surface area (Å²) in [5.41, 5.74) is 3.57. The molecule has 0 aliphatic rings. The molecule has 32 heavy (non-hydrogen) atoms. The van der Waals surface area contributed by atoms with Crippen LogP contribution >= 0.6 is 11.6 Å². The predicted molar refractivity (Wildman–Crippen MR) is 125 cm³/mol. The van der Waals surface area contributed by atoms with Crippen LogP contribution in [0.25, 0.3) is 11.0 Å². The number of halogens is 1. The van der Waals surface area contributed by atoms with Gasteiger partial charge in [-0.05, 0) is 73.5 Å². The van der Waals surface area contributed by atoms with Gasteiger partial charge in [-0.2, -0.15) is 0 Å². The summed E-state index contributed by atoms with van der Waals surface area (Å²) in [6, 6.07) is 14.0. The molecule has 0 radical (unpaired) electrons. The van der Waals surface area contributed by atoms with Crippen molar-refractivity contribution in [1.82, 2.24) is 9.97 Å². The van der Waals surface area contributed by atoms with Gasteiger partial charge in [0.15, 0.2) is 0 Å². The van der Waals surface area contributed by atoms with E-state index < -0.39 is 15.9 Å². The third-order valence-electron chi connectivity index (χ3n) is 5.03. The van der Waals surface area contributed by atoms with Crippen LogP contribution in [-0.4, -0.2) is 24.3 Å². The number of hydrogen-bond donors (Lipinski definition) is 4. The van der Waals surface area contributed by atoms with Gasteiger partial charge < -0.3 is 15.3 Å². The number of nitrogens with one attached hydrogen (secondary N) is 4. The van der Waals surface area contributed by atoms with Crippen LogP contribution in [0.5, 0.6) is 0 Å². The zero-order valence-corrected chi connectivity index (χ0v) is 18.7. The van der Waals surface area contributed by atoms with Crippen molar-refractivity contribution < 1.29 is 13.2 Å². The predicted octanol–water partition coefficient (Wildman–Crippen LogP) is 4.18. The summed E-state index contributed by atoms with van der Waals surface area (Å²) >= 11 is 6.18. The van der Waals surface area contributed by atoms with Crippen molar-refractivity contribution in [2.45, 2.75) is 18.7 Å². The average Bonchev–Trinajstić information content (AvgIpc) is 3.10. The lowest BCUT2D eigenvalue weighted by molar-refractivity contribution is 0.102. The minimum Gasteiger partial charge on any atom is -0.322 e. The van der Waals surface area contributed by atoms with Crippen molar-refractivity contribution in [2.24, 2.45) is 0 Å². The van der Waals surface area contributed by atoms with Gasteiger partial charge in [0, 0.05) is 11.4 Å². The molecule has 0 saturated heterocycles. The lowest BCUT2D eigenvalue weighted by Gasteiger charge is -2.12. The van der Waals surface area contributed by atoms with Crippen LogP contribution in [-0.2, 0) is 10.0 Å². The smallest absolute Gasteiger partial charge is 0.322 e. The number of anilines is 2. The third kappa shape index (κ3) is 4.39. The summed E-state index contributed by atoms with van der Waals surface area (Å²) in [5.74, 6) is -0.588. The van der Waals surface area contributed by atoms with Gasteiger partial charge in [0.25, 0.3) is 15.9 Å². The van der Waals surface area contributed by atoms with Crippen molar-refractivity contribution in [1.29, 1.82) is 0 Å². The molecule has 0 saturated carbocycles. The number of hydrogen-bond acceptors (Lipinski definition) is 4. The van der Waals surface area contributed by atoms with Crippen molar-refractivity contribution in [3.05, 3.63) is 86.8 Å². The molecular weight excluding hydrogens is 452 g/mol. The van der Waals surface area contributed by atoms with Crippen LogP contribution in [0.2, 0.25) is 5.02 Å². The number of fused-ring (bicyclic) bond motifs is 1. The van der Waals surface area contributed by atoms with Crippen molar-refractivity contribution in [3.8, 4) is 0 Å². The maximum absolute atomic E-state index is 12.9. The Morgan fingerprint density at radius 1 is 0.875 bits per heavy atom. The first-order chi connectivity index (χ1) is 15.1.